The highest BCUT2D eigenvalue weighted by molar-refractivity contribution is 7.92. The monoisotopic (exact) mass is 459 g/mol. The summed E-state index contributed by atoms with van der Waals surface area (Å²) in [5.41, 5.74) is 4.58. The second kappa shape index (κ2) is 8.77. The van der Waals surface area contributed by atoms with Crippen molar-refractivity contribution in [2.45, 2.75) is 38.0 Å². The van der Waals surface area contributed by atoms with E-state index in [0.717, 1.165) is 28.0 Å². The molecule has 31 heavy (non-hydrogen) atoms. The third-order valence-corrected chi connectivity index (χ3v) is 8.28. The number of rotatable bonds is 6. The topological polar surface area (TPSA) is 76.5 Å². The molecule has 1 aromatic carbocycles. The number of benzene rings is 1. The zero-order valence-electron chi connectivity index (χ0n) is 17.6. The first kappa shape index (κ1) is 22.1. The lowest BCUT2D eigenvalue weighted by Crippen LogP contribution is -2.19. The van der Waals surface area contributed by atoms with E-state index >= 15 is 0 Å². The van der Waals surface area contributed by atoms with Crippen LogP contribution in [0.4, 0.5) is 0 Å². The van der Waals surface area contributed by atoms with Gasteiger partial charge >= 0.3 is 0 Å². The Hall–Kier alpha value is -2.15. The maximum atomic E-state index is 12.6. The number of pyridine rings is 1. The van der Waals surface area contributed by atoms with E-state index in [4.69, 9.17) is 16.3 Å². The molecule has 0 radical (unpaired) electrons. The van der Waals surface area contributed by atoms with Crippen LogP contribution in [0.2, 0.25) is 5.02 Å². The van der Waals surface area contributed by atoms with Crippen molar-refractivity contribution in [2.75, 3.05) is 12.4 Å². The van der Waals surface area contributed by atoms with Crippen LogP contribution >= 0.6 is 11.6 Å². The summed E-state index contributed by atoms with van der Waals surface area (Å²) in [6.07, 6.45) is 4.82. The van der Waals surface area contributed by atoms with Crippen LogP contribution in [-0.2, 0) is 14.6 Å². The van der Waals surface area contributed by atoms with Crippen molar-refractivity contribution in [3.8, 4) is 5.75 Å². The van der Waals surface area contributed by atoms with Gasteiger partial charge in [0.15, 0.2) is 9.84 Å². The van der Waals surface area contributed by atoms with Crippen LogP contribution in [0, 0.1) is 5.92 Å². The zero-order chi connectivity index (χ0) is 22.2. The fourth-order valence-corrected chi connectivity index (χ4v) is 6.71. The van der Waals surface area contributed by atoms with Crippen molar-refractivity contribution in [1.29, 1.82) is 0 Å². The van der Waals surface area contributed by atoms with Gasteiger partial charge in [-0.15, -0.1) is 0 Å². The second-order valence-electron chi connectivity index (χ2n) is 8.38. The number of hydrogen-bond donors (Lipinski definition) is 1. The molecule has 0 unspecified atom stereocenters. The largest absolute Gasteiger partial charge is 0.508 e. The summed E-state index contributed by atoms with van der Waals surface area (Å²) in [7, 11) is -3.17. The molecule has 2 atom stereocenters. The van der Waals surface area contributed by atoms with Gasteiger partial charge in [-0.05, 0) is 77.5 Å². The molecule has 0 bridgehead atoms. The summed E-state index contributed by atoms with van der Waals surface area (Å²) in [4.78, 5) is 4.49. The van der Waals surface area contributed by atoms with E-state index < -0.39 is 15.1 Å². The molecule has 1 N–H and O–H groups in total. The Bertz CT molecular complexity index is 1140. The van der Waals surface area contributed by atoms with Gasteiger partial charge in [0.1, 0.15) is 11.0 Å². The maximum Gasteiger partial charge on any atom is 0.163 e. The van der Waals surface area contributed by atoms with Crippen LogP contribution in [0.25, 0.3) is 11.6 Å². The van der Waals surface area contributed by atoms with Gasteiger partial charge in [0.25, 0.3) is 0 Å². The summed E-state index contributed by atoms with van der Waals surface area (Å²) in [6.45, 7) is 4.33. The minimum atomic E-state index is -3.17. The van der Waals surface area contributed by atoms with Crippen molar-refractivity contribution in [3.63, 3.8) is 0 Å². The molecule has 1 fully saturated rings. The first-order valence-corrected chi connectivity index (χ1v) is 12.5. The van der Waals surface area contributed by atoms with E-state index in [1.807, 2.05) is 38.1 Å². The number of fused-ring (bicyclic) bond motifs is 1. The van der Waals surface area contributed by atoms with Crippen molar-refractivity contribution >= 4 is 33.1 Å². The molecule has 7 heteroatoms. The molecular weight excluding hydrogens is 434 g/mol. The summed E-state index contributed by atoms with van der Waals surface area (Å²) >= 11 is 6.32. The Morgan fingerprint density at radius 2 is 2.13 bits per heavy atom. The lowest BCUT2D eigenvalue weighted by Gasteiger charge is -2.17. The Morgan fingerprint density at radius 1 is 1.32 bits per heavy atom. The summed E-state index contributed by atoms with van der Waals surface area (Å²) < 4.78 is 31.2. The lowest BCUT2D eigenvalue weighted by atomic mass is 9.91. The minimum Gasteiger partial charge on any atom is -0.508 e. The molecule has 164 valence electrons. The van der Waals surface area contributed by atoms with Crippen molar-refractivity contribution in [3.05, 3.63) is 70.0 Å². The number of aromatic nitrogens is 1. The molecule has 5 nitrogen and oxygen atoms in total. The number of aromatic hydroxyl groups is 1. The highest BCUT2D eigenvalue weighted by Crippen LogP contribution is 2.41. The molecular formula is C24H26ClNO4S. The van der Waals surface area contributed by atoms with Gasteiger partial charge in [-0.2, -0.15) is 0 Å². The van der Waals surface area contributed by atoms with Gasteiger partial charge in [-0.25, -0.2) is 8.42 Å². The highest BCUT2D eigenvalue weighted by atomic mass is 35.5. The molecule has 1 saturated heterocycles. The minimum absolute atomic E-state index is 0.113. The average molecular weight is 460 g/mol. The Balaban J connectivity index is 1.63. The van der Waals surface area contributed by atoms with Gasteiger partial charge in [0.05, 0.1) is 29.2 Å². The predicted molar refractivity (Wildman–Crippen MR) is 124 cm³/mol. The third kappa shape index (κ3) is 4.56. The molecule has 0 saturated carbocycles. The van der Waals surface area contributed by atoms with Crippen LogP contribution in [0.1, 0.15) is 37.9 Å². The van der Waals surface area contributed by atoms with Crippen LogP contribution in [-0.4, -0.2) is 42.2 Å². The number of nitrogens with zero attached hydrogens (tertiary/aromatic N) is 1. The lowest BCUT2D eigenvalue weighted by molar-refractivity contribution is 0.118. The average Bonchev–Trinajstić information content (AvgIpc) is 3.27. The predicted octanol–water partition coefficient (Wildman–Crippen LogP) is 4.91. The molecule has 0 amide bonds. The second-order valence-corrected chi connectivity index (χ2v) is 11.0. The SMILES string of the molecule is CC(C)C1=C2[C@@H](CC/C(=C/c3ccc(O)cc3Cl)c3ccccn3)OC[C@@H]2S(=O)(=O)C1. The summed E-state index contributed by atoms with van der Waals surface area (Å²) in [5.74, 6) is 0.444. The highest BCUT2D eigenvalue weighted by Gasteiger charge is 2.47. The number of phenols is 1. The van der Waals surface area contributed by atoms with Gasteiger partial charge in [0, 0.05) is 6.20 Å². The Kier molecular flexibility index (Phi) is 6.24. The quantitative estimate of drug-likeness (QED) is 0.621. The molecule has 0 spiro atoms. The van der Waals surface area contributed by atoms with Crippen LogP contribution in [0.5, 0.6) is 5.75 Å². The number of sulfone groups is 1. The smallest absolute Gasteiger partial charge is 0.163 e. The van der Waals surface area contributed by atoms with Crippen LogP contribution in [0.15, 0.2) is 53.7 Å². The number of ether oxygens (including phenoxy) is 1. The van der Waals surface area contributed by atoms with Crippen molar-refractivity contribution < 1.29 is 18.3 Å². The zero-order valence-corrected chi connectivity index (χ0v) is 19.2. The van der Waals surface area contributed by atoms with Crippen molar-refractivity contribution in [2.24, 2.45) is 5.92 Å². The van der Waals surface area contributed by atoms with E-state index in [0.29, 0.717) is 17.9 Å². The number of allylic oxidation sites excluding steroid dienone is 1. The first-order valence-electron chi connectivity index (χ1n) is 10.4. The summed E-state index contributed by atoms with van der Waals surface area (Å²) in [6, 6.07) is 10.6. The first-order chi connectivity index (χ1) is 14.8. The van der Waals surface area contributed by atoms with Crippen LogP contribution < -0.4 is 0 Å². The maximum absolute atomic E-state index is 12.6. The molecule has 3 heterocycles. The molecule has 2 aliphatic rings. The Labute approximate surface area is 188 Å². The van der Waals surface area contributed by atoms with E-state index in [9.17, 15) is 13.5 Å². The number of halogens is 1. The molecule has 2 aromatic rings. The standard InChI is InChI=1S/C24H26ClNO4S/c1-15(2)19-14-31(28,29)23-13-30-22(24(19)23)9-7-17(21-5-3-4-10-26-21)11-16-6-8-18(27)12-20(16)25/h3-6,8,10-12,15,22-23,27H,7,9,13-14H2,1-2H3/b17-11-/t22-,23+/m1/s1. The van der Waals surface area contributed by atoms with E-state index in [1.165, 1.54) is 6.07 Å². The molecule has 1 aromatic heterocycles. The van der Waals surface area contributed by atoms with Crippen molar-refractivity contribution in [1.82, 2.24) is 4.98 Å². The number of hydrogen-bond acceptors (Lipinski definition) is 5. The molecule has 2 aliphatic heterocycles. The fourth-order valence-electron chi connectivity index (χ4n) is 4.37. The number of phenolic OH excluding ortho intramolecular Hbond substituents is 1. The molecule has 4 rings (SSSR count). The molecule has 0 aliphatic carbocycles. The van der Waals surface area contributed by atoms with Crippen LogP contribution in [0.3, 0.4) is 0 Å². The summed E-state index contributed by atoms with van der Waals surface area (Å²) in [5, 5.41) is 9.61. The van der Waals surface area contributed by atoms with Gasteiger partial charge in [-0.1, -0.05) is 31.5 Å². The van der Waals surface area contributed by atoms with Gasteiger partial charge < -0.3 is 9.84 Å². The van der Waals surface area contributed by atoms with E-state index in [-0.39, 0.29) is 30.1 Å². The van der Waals surface area contributed by atoms with E-state index in [2.05, 4.69) is 4.98 Å². The van der Waals surface area contributed by atoms with Gasteiger partial charge in [-0.3, -0.25) is 4.98 Å². The fraction of sp³-hybridized carbons (Fsp3) is 0.375. The van der Waals surface area contributed by atoms with E-state index in [1.54, 1.807) is 18.3 Å². The third-order valence-electron chi connectivity index (χ3n) is 5.98. The Morgan fingerprint density at radius 3 is 2.81 bits per heavy atom. The van der Waals surface area contributed by atoms with Gasteiger partial charge in [0.2, 0.25) is 0 Å². The normalized spacial score (nSPS) is 22.9.